The molecule has 17 nitrogen and oxygen atoms in total. The minimum Gasteiger partial charge on any atom is -0.462 e. The van der Waals surface area contributed by atoms with E-state index in [9.17, 15) is 43.2 Å². The van der Waals surface area contributed by atoms with Gasteiger partial charge in [-0.2, -0.15) is 0 Å². The zero-order chi connectivity index (χ0) is 73.8. The van der Waals surface area contributed by atoms with Crippen LogP contribution in [0.2, 0.25) is 0 Å². The predicted molar refractivity (Wildman–Crippen MR) is 409 cm³/mol. The second-order valence-corrected chi connectivity index (χ2v) is 33.5. The third-order valence-electron chi connectivity index (χ3n) is 19.5. The summed E-state index contributed by atoms with van der Waals surface area (Å²) < 4.78 is 68.6. The first-order chi connectivity index (χ1) is 48.2. The number of aliphatic hydroxyl groups is 1. The number of phosphoric ester groups is 2. The van der Waals surface area contributed by atoms with Crippen LogP contribution >= 0.6 is 15.6 Å². The van der Waals surface area contributed by atoms with Crippen molar-refractivity contribution in [2.24, 2.45) is 23.7 Å². The van der Waals surface area contributed by atoms with E-state index in [1.165, 1.54) is 212 Å². The van der Waals surface area contributed by atoms with E-state index < -0.39 is 97.5 Å². The summed E-state index contributed by atoms with van der Waals surface area (Å²) in [6.07, 6.45) is 57.1. The maximum Gasteiger partial charge on any atom is 0.472 e. The zero-order valence-electron chi connectivity index (χ0n) is 65.8. The molecule has 0 fully saturated rings. The molecule has 0 aliphatic carbocycles. The molecule has 0 amide bonds. The van der Waals surface area contributed by atoms with E-state index in [2.05, 4.69) is 55.4 Å². The highest BCUT2D eigenvalue weighted by Crippen LogP contribution is 2.45. The lowest BCUT2D eigenvalue weighted by atomic mass is 9.99. The number of rotatable bonds is 78. The van der Waals surface area contributed by atoms with E-state index in [1.807, 2.05) is 0 Å². The molecule has 0 aromatic carbocycles. The van der Waals surface area contributed by atoms with Crippen LogP contribution in [-0.2, 0) is 65.4 Å². The summed E-state index contributed by atoms with van der Waals surface area (Å²) in [7, 11) is -9.92. The summed E-state index contributed by atoms with van der Waals surface area (Å²) in [5, 5.41) is 10.6. The largest absolute Gasteiger partial charge is 0.472 e. The Morgan fingerprint density at radius 2 is 0.480 bits per heavy atom. The normalized spacial score (nSPS) is 14.6. The topological polar surface area (TPSA) is 237 Å². The lowest BCUT2D eigenvalue weighted by molar-refractivity contribution is -0.161. The molecule has 0 saturated heterocycles. The van der Waals surface area contributed by atoms with Crippen LogP contribution < -0.4 is 0 Å². The summed E-state index contributed by atoms with van der Waals surface area (Å²) in [6.45, 7) is 14.2. The van der Waals surface area contributed by atoms with Crippen molar-refractivity contribution < 1.29 is 80.2 Å². The van der Waals surface area contributed by atoms with Gasteiger partial charge in [-0.1, -0.05) is 364 Å². The molecule has 4 unspecified atom stereocenters. The van der Waals surface area contributed by atoms with E-state index in [-0.39, 0.29) is 25.7 Å². The number of hydrogen-bond acceptors (Lipinski definition) is 15. The first-order valence-corrected chi connectivity index (χ1v) is 44.8. The summed E-state index contributed by atoms with van der Waals surface area (Å²) in [5.74, 6) is 0.999. The van der Waals surface area contributed by atoms with Crippen LogP contribution in [-0.4, -0.2) is 96.7 Å². The molecule has 0 saturated carbocycles. The highest BCUT2D eigenvalue weighted by atomic mass is 31.2. The number of hydrogen-bond donors (Lipinski definition) is 3. The fourth-order valence-corrected chi connectivity index (χ4v) is 13.9. The molecule has 0 aliphatic rings. The molecule has 0 rings (SSSR count). The predicted octanol–water partition coefficient (Wildman–Crippen LogP) is 24.0. The summed E-state index contributed by atoms with van der Waals surface area (Å²) in [5.41, 5.74) is 0. The van der Waals surface area contributed by atoms with Crippen LogP contribution in [0.1, 0.15) is 415 Å². The van der Waals surface area contributed by atoms with E-state index >= 15 is 0 Å². The molecule has 100 heavy (non-hydrogen) atoms. The number of phosphoric acid groups is 2. The van der Waals surface area contributed by atoms with Crippen molar-refractivity contribution in [3.8, 4) is 0 Å². The summed E-state index contributed by atoms with van der Waals surface area (Å²) in [4.78, 5) is 72.9. The van der Waals surface area contributed by atoms with Gasteiger partial charge in [-0.15, -0.1) is 0 Å². The number of unbranched alkanes of at least 4 members (excludes halogenated alkanes) is 42. The van der Waals surface area contributed by atoms with Crippen LogP contribution in [0.15, 0.2) is 0 Å². The molecule has 594 valence electrons. The molecule has 0 aliphatic heterocycles. The van der Waals surface area contributed by atoms with Crippen molar-refractivity contribution in [3.05, 3.63) is 0 Å². The van der Waals surface area contributed by atoms with Gasteiger partial charge >= 0.3 is 39.5 Å². The van der Waals surface area contributed by atoms with Gasteiger partial charge in [-0.05, 0) is 49.4 Å². The molecule has 3 N–H and O–H groups in total. The molecular formula is C81H158O17P2. The van der Waals surface area contributed by atoms with Gasteiger partial charge < -0.3 is 33.8 Å². The average molecular weight is 1470 g/mol. The van der Waals surface area contributed by atoms with Crippen molar-refractivity contribution in [2.75, 3.05) is 39.6 Å². The first kappa shape index (κ1) is 98.1. The van der Waals surface area contributed by atoms with Crippen LogP contribution in [0.5, 0.6) is 0 Å². The van der Waals surface area contributed by atoms with Gasteiger partial charge in [0, 0.05) is 25.7 Å². The average Bonchev–Trinajstić information content (AvgIpc) is 1.09. The number of ether oxygens (including phenoxy) is 4. The minimum atomic E-state index is -4.96. The van der Waals surface area contributed by atoms with Gasteiger partial charge in [0.05, 0.1) is 26.4 Å². The Kier molecular flexibility index (Phi) is 68.7. The van der Waals surface area contributed by atoms with E-state index in [4.69, 9.17) is 37.0 Å². The molecule has 0 heterocycles. The number of carbonyl (C=O) groups excluding carboxylic acids is 4. The van der Waals surface area contributed by atoms with Crippen molar-refractivity contribution in [1.82, 2.24) is 0 Å². The molecule has 7 atom stereocenters. The van der Waals surface area contributed by atoms with E-state index in [0.717, 1.165) is 114 Å². The molecule has 0 radical (unpaired) electrons. The maximum atomic E-state index is 13.1. The Hall–Kier alpha value is -1.94. The summed E-state index contributed by atoms with van der Waals surface area (Å²) in [6, 6.07) is 0. The van der Waals surface area contributed by atoms with Gasteiger partial charge in [-0.3, -0.25) is 37.3 Å². The van der Waals surface area contributed by atoms with Gasteiger partial charge in [0.2, 0.25) is 0 Å². The van der Waals surface area contributed by atoms with Crippen LogP contribution in [0.4, 0.5) is 0 Å². The zero-order valence-corrected chi connectivity index (χ0v) is 67.6. The van der Waals surface area contributed by atoms with Gasteiger partial charge in [0.1, 0.15) is 19.3 Å². The standard InChI is InChI=1S/C81H158O17P2/c1-9-73(7)59-51-43-34-28-24-20-15-13-11-12-14-16-21-25-29-36-45-53-61-78(83)91-67-76(98-81(86)64-56-48-38-32-31-35-44-52-60-74(8)10-2)69-95-99(87,88)93-65-75(82)66-94-100(89,90)96-70-77(68-92-79(84)62-54-46-40-39-42-50-58-72(5)6)97-80(85)63-55-47-37-30-26-22-18-17-19-23-27-33-41-49-57-71(3)4/h71-77,82H,9-70H2,1-8H3,(H,87,88)(H,89,90)/t73?,74?,75-,76-,77-/m1/s1. The first-order valence-electron chi connectivity index (χ1n) is 41.8. The monoisotopic (exact) mass is 1470 g/mol. The molecular weight excluding hydrogens is 1310 g/mol. The molecule has 19 heteroatoms. The van der Waals surface area contributed by atoms with Gasteiger partial charge in [-0.25, -0.2) is 9.13 Å². The highest BCUT2D eigenvalue weighted by molar-refractivity contribution is 7.47. The lowest BCUT2D eigenvalue weighted by Gasteiger charge is -2.21. The SMILES string of the molecule is CCC(C)CCCCCCCCCCCCCCCCCCCCC(=O)OC[C@H](COP(=O)(O)OC[C@@H](O)COP(=O)(O)OC[C@@H](COC(=O)CCCCCCCCC(C)C)OC(=O)CCCCCCCCCCCCCCCCC(C)C)OC(=O)CCCCCCCCCCC(C)CC. The Morgan fingerprint density at radius 3 is 0.710 bits per heavy atom. The number of aliphatic hydroxyl groups excluding tert-OH is 1. The van der Waals surface area contributed by atoms with E-state index in [0.29, 0.717) is 31.6 Å². The van der Waals surface area contributed by atoms with Crippen LogP contribution in [0.25, 0.3) is 0 Å². The Labute approximate surface area is 613 Å². The van der Waals surface area contributed by atoms with Gasteiger partial charge in [0.15, 0.2) is 12.2 Å². The third-order valence-corrected chi connectivity index (χ3v) is 21.4. The molecule has 0 aromatic rings. The lowest BCUT2D eigenvalue weighted by Crippen LogP contribution is -2.30. The van der Waals surface area contributed by atoms with Crippen molar-refractivity contribution >= 4 is 39.5 Å². The van der Waals surface area contributed by atoms with E-state index in [1.54, 1.807) is 0 Å². The fraction of sp³-hybridized carbons (Fsp3) is 0.951. The van der Waals surface area contributed by atoms with Crippen molar-refractivity contribution in [1.29, 1.82) is 0 Å². The number of carbonyl (C=O) groups is 4. The summed E-state index contributed by atoms with van der Waals surface area (Å²) >= 11 is 0. The fourth-order valence-electron chi connectivity index (χ4n) is 12.4. The minimum absolute atomic E-state index is 0.105. The maximum absolute atomic E-state index is 13.1. The Balaban J connectivity index is 5.15. The third kappa shape index (κ3) is 71.7. The molecule has 0 bridgehead atoms. The molecule has 0 aromatic heterocycles. The molecule has 0 spiro atoms. The Bertz CT molecular complexity index is 1960. The van der Waals surface area contributed by atoms with Crippen molar-refractivity contribution in [2.45, 2.75) is 433 Å². The van der Waals surface area contributed by atoms with Crippen LogP contribution in [0, 0.1) is 23.7 Å². The number of esters is 4. The van der Waals surface area contributed by atoms with Crippen molar-refractivity contribution in [3.63, 3.8) is 0 Å². The second-order valence-electron chi connectivity index (χ2n) is 30.6. The van der Waals surface area contributed by atoms with Crippen LogP contribution in [0.3, 0.4) is 0 Å². The highest BCUT2D eigenvalue weighted by Gasteiger charge is 2.30. The van der Waals surface area contributed by atoms with Gasteiger partial charge in [0.25, 0.3) is 0 Å². The smallest absolute Gasteiger partial charge is 0.462 e. The quantitative estimate of drug-likeness (QED) is 0.0222. The Morgan fingerprint density at radius 1 is 0.280 bits per heavy atom. The second kappa shape index (κ2) is 70.1.